The minimum Gasteiger partial charge on any atom is -0.476 e. The summed E-state index contributed by atoms with van der Waals surface area (Å²) in [6, 6.07) is 0. The molecule has 0 aliphatic carbocycles. The van der Waals surface area contributed by atoms with Gasteiger partial charge in [-0.25, -0.2) is 4.79 Å². The highest BCUT2D eigenvalue weighted by molar-refractivity contribution is 6.32. The summed E-state index contributed by atoms with van der Waals surface area (Å²) >= 11 is 0. The Kier molecular flexibility index (Phi) is 26.8. The van der Waals surface area contributed by atoms with Gasteiger partial charge in [0.05, 0.1) is 91.6 Å². The van der Waals surface area contributed by atoms with Crippen molar-refractivity contribution < 1.29 is 62.2 Å². The van der Waals surface area contributed by atoms with E-state index in [9.17, 15) is 19.2 Å². The number of carboxylic acid groups (broad SMARTS) is 1. The summed E-state index contributed by atoms with van der Waals surface area (Å²) < 4.78 is 42.3. The van der Waals surface area contributed by atoms with Crippen LogP contribution in [-0.4, -0.2) is 121 Å². The molecule has 0 saturated heterocycles. The average molecular weight is 581 g/mol. The number of hydrogen-bond acceptors (Lipinski definition) is 12. The standard InChI is InChI=1S/C27H48O13/c1-3-5-6-23(4-2)27(32)40-22-20-38-18-16-36-14-12-34-10-9-33-11-13-35-15-17-37-19-21-39-25(29)8-7-24(28)26(30)31/h23H,3-22H2,1-2H3,(H,30,31). The molecule has 0 aromatic rings. The molecule has 0 aliphatic rings. The number of ketones is 1. The lowest BCUT2D eigenvalue weighted by atomic mass is 10.00. The zero-order valence-corrected chi connectivity index (χ0v) is 24.1. The molecular formula is C27H48O13. The van der Waals surface area contributed by atoms with Gasteiger partial charge < -0.3 is 43.0 Å². The third-order valence-corrected chi connectivity index (χ3v) is 5.35. The first-order valence-corrected chi connectivity index (χ1v) is 14.0. The molecule has 0 heterocycles. The van der Waals surface area contributed by atoms with Gasteiger partial charge in [0.15, 0.2) is 0 Å². The van der Waals surface area contributed by atoms with Crippen LogP contribution in [0.1, 0.15) is 52.4 Å². The first kappa shape index (κ1) is 37.8. The van der Waals surface area contributed by atoms with Crippen LogP contribution in [0.2, 0.25) is 0 Å². The van der Waals surface area contributed by atoms with E-state index < -0.39 is 17.7 Å². The summed E-state index contributed by atoms with van der Waals surface area (Å²) in [6.45, 7) is 9.00. The van der Waals surface area contributed by atoms with E-state index in [0.29, 0.717) is 72.7 Å². The molecule has 1 atom stereocenters. The first-order valence-electron chi connectivity index (χ1n) is 14.0. The van der Waals surface area contributed by atoms with E-state index >= 15 is 0 Å². The molecule has 234 valence electrons. The summed E-state index contributed by atoms with van der Waals surface area (Å²) in [4.78, 5) is 44.5. The quantitative estimate of drug-likeness (QED) is 0.0744. The van der Waals surface area contributed by atoms with E-state index in [1.165, 1.54) is 0 Å². The molecule has 0 aromatic heterocycles. The van der Waals surface area contributed by atoms with Gasteiger partial charge in [-0.1, -0.05) is 26.7 Å². The number of aliphatic carboxylic acids is 1. The van der Waals surface area contributed by atoms with Crippen molar-refractivity contribution in [1.29, 1.82) is 0 Å². The molecule has 1 unspecified atom stereocenters. The van der Waals surface area contributed by atoms with Crippen molar-refractivity contribution in [3.63, 3.8) is 0 Å². The number of Topliss-reactive ketones (excluding diaryl/α,β-unsaturated/α-hetero) is 1. The summed E-state index contributed by atoms with van der Waals surface area (Å²) in [5.74, 6) is -3.40. The van der Waals surface area contributed by atoms with E-state index in [1.807, 2.05) is 6.92 Å². The highest BCUT2D eigenvalue weighted by Crippen LogP contribution is 2.14. The molecule has 0 rings (SSSR count). The molecular weight excluding hydrogens is 532 g/mol. The topological polar surface area (TPSA) is 162 Å². The van der Waals surface area contributed by atoms with Gasteiger partial charge in [0.1, 0.15) is 13.2 Å². The van der Waals surface area contributed by atoms with Crippen LogP contribution < -0.4 is 0 Å². The molecule has 0 fully saturated rings. The fraction of sp³-hybridized carbons (Fsp3) is 0.852. The summed E-state index contributed by atoms with van der Waals surface area (Å²) in [7, 11) is 0. The zero-order chi connectivity index (χ0) is 29.7. The molecule has 0 bridgehead atoms. The number of esters is 2. The van der Waals surface area contributed by atoms with Gasteiger partial charge in [-0.2, -0.15) is 0 Å². The molecule has 0 radical (unpaired) electrons. The van der Waals surface area contributed by atoms with Crippen LogP contribution in [0.15, 0.2) is 0 Å². The number of hydrogen-bond donors (Lipinski definition) is 1. The van der Waals surface area contributed by atoms with Crippen LogP contribution in [0.4, 0.5) is 0 Å². The lowest BCUT2D eigenvalue weighted by molar-refractivity contribution is -0.151. The molecule has 0 aliphatic heterocycles. The van der Waals surface area contributed by atoms with E-state index in [-0.39, 0.29) is 44.5 Å². The SMILES string of the molecule is CCCCC(CC)C(=O)OCCOCCOCCOCCOCCOCCOCCOC(=O)CCC(=O)C(=O)O. The predicted molar refractivity (Wildman–Crippen MR) is 142 cm³/mol. The van der Waals surface area contributed by atoms with Crippen molar-refractivity contribution >= 4 is 23.7 Å². The molecule has 13 nitrogen and oxygen atoms in total. The fourth-order valence-electron chi connectivity index (χ4n) is 3.07. The molecule has 1 N–H and O–H groups in total. The number of carbonyl (C=O) groups excluding carboxylic acids is 3. The molecule has 0 spiro atoms. The Morgan fingerprint density at radius 1 is 0.575 bits per heavy atom. The van der Waals surface area contributed by atoms with Crippen molar-refractivity contribution in [2.24, 2.45) is 5.92 Å². The first-order chi connectivity index (χ1) is 19.4. The lowest BCUT2D eigenvalue weighted by Gasteiger charge is -2.13. The zero-order valence-electron chi connectivity index (χ0n) is 24.1. The highest BCUT2D eigenvalue weighted by atomic mass is 16.6. The third kappa shape index (κ3) is 24.9. The van der Waals surface area contributed by atoms with Crippen LogP contribution in [0, 0.1) is 5.92 Å². The normalized spacial score (nSPS) is 11.8. The molecule has 0 saturated carbocycles. The van der Waals surface area contributed by atoms with E-state index in [4.69, 9.17) is 43.0 Å². The molecule has 0 aromatic carbocycles. The number of ether oxygens (including phenoxy) is 8. The minimum absolute atomic E-state index is 0.0133. The Balaban J connectivity index is 3.27. The van der Waals surface area contributed by atoms with Crippen molar-refractivity contribution in [1.82, 2.24) is 0 Å². The van der Waals surface area contributed by atoms with Gasteiger partial charge in [-0.3, -0.25) is 14.4 Å². The van der Waals surface area contributed by atoms with Crippen LogP contribution in [0.3, 0.4) is 0 Å². The van der Waals surface area contributed by atoms with Gasteiger partial charge >= 0.3 is 17.9 Å². The maximum absolute atomic E-state index is 12.0. The molecule has 0 amide bonds. The van der Waals surface area contributed by atoms with Gasteiger partial charge in [-0.05, 0) is 12.8 Å². The summed E-state index contributed by atoms with van der Waals surface area (Å²) in [5, 5.41) is 8.42. The monoisotopic (exact) mass is 580 g/mol. The van der Waals surface area contributed by atoms with Crippen molar-refractivity contribution in [3.8, 4) is 0 Å². The van der Waals surface area contributed by atoms with Gasteiger partial charge in [0, 0.05) is 6.42 Å². The second kappa shape index (κ2) is 28.4. The second-order valence-corrected chi connectivity index (χ2v) is 8.54. The third-order valence-electron chi connectivity index (χ3n) is 5.35. The molecule has 13 heteroatoms. The van der Waals surface area contributed by atoms with Crippen LogP contribution >= 0.6 is 0 Å². The fourth-order valence-corrected chi connectivity index (χ4v) is 3.07. The number of carbonyl (C=O) groups is 4. The maximum atomic E-state index is 12.0. The maximum Gasteiger partial charge on any atom is 0.372 e. The van der Waals surface area contributed by atoms with Crippen molar-refractivity contribution in [3.05, 3.63) is 0 Å². The van der Waals surface area contributed by atoms with E-state index in [2.05, 4.69) is 6.92 Å². The van der Waals surface area contributed by atoms with Crippen molar-refractivity contribution in [2.45, 2.75) is 52.4 Å². The lowest BCUT2D eigenvalue weighted by Crippen LogP contribution is -2.20. The van der Waals surface area contributed by atoms with Crippen LogP contribution in [-0.2, 0) is 57.1 Å². The van der Waals surface area contributed by atoms with Gasteiger partial charge in [0.25, 0.3) is 0 Å². The predicted octanol–water partition coefficient (Wildman–Crippen LogP) is 1.82. The summed E-state index contributed by atoms with van der Waals surface area (Å²) in [5.41, 5.74) is 0. The minimum atomic E-state index is -1.56. The average Bonchev–Trinajstić information content (AvgIpc) is 2.94. The summed E-state index contributed by atoms with van der Waals surface area (Å²) in [6.07, 6.45) is 3.11. The van der Waals surface area contributed by atoms with Gasteiger partial charge in [0.2, 0.25) is 5.78 Å². The molecule has 40 heavy (non-hydrogen) atoms. The number of carboxylic acids is 1. The Morgan fingerprint density at radius 2 is 0.975 bits per heavy atom. The Morgan fingerprint density at radius 3 is 1.35 bits per heavy atom. The van der Waals surface area contributed by atoms with E-state index in [1.54, 1.807) is 0 Å². The Hall–Kier alpha value is -2.16. The largest absolute Gasteiger partial charge is 0.476 e. The highest BCUT2D eigenvalue weighted by Gasteiger charge is 2.17. The van der Waals surface area contributed by atoms with Crippen molar-refractivity contribution in [2.75, 3.05) is 92.5 Å². The second-order valence-electron chi connectivity index (χ2n) is 8.54. The number of rotatable bonds is 30. The number of unbranched alkanes of at least 4 members (excludes halogenated alkanes) is 1. The Labute approximate surface area is 237 Å². The van der Waals surface area contributed by atoms with Crippen LogP contribution in [0.5, 0.6) is 0 Å². The van der Waals surface area contributed by atoms with E-state index in [0.717, 1.165) is 25.7 Å². The smallest absolute Gasteiger partial charge is 0.372 e. The van der Waals surface area contributed by atoms with Gasteiger partial charge in [-0.15, -0.1) is 0 Å². The Bertz CT molecular complexity index is 656. The van der Waals surface area contributed by atoms with Crippen LogP contribution in [0.25, 0.3) is 0 Å².